The maximum Gasteiger partial charge on any atom is 0.0845 e. The zero-order valence-electron chi connectivity index (χ0n) is 16.2. The quantitative estimate of drug-likeness (QED) is 0.503. The maximum atomic E-state index is 5.04. The molecule has 0 radical (unpaired) electrons. The van der Waals surface area contributed by atoms with Gasteiger partial charge in [0.25, 0.3) is 0 Å². The highest BCUT2D eigenvalue weighted by Crippen LogP contribution is 2.28. The molecular weight excluding hydrogens is 304 g/mol. The van der Waals surface area contributed by atoms with E-state index in [1.165, 1.54) is 53.6 Å². The molecule has 0 atom stereocenters. The van der Waals surface area contributed by atoms with Crippen LogP contribution >= 0.6 is 0 Å². The number of rotatable bonds is 4. The summed E-state index contributed by atoms with van der Waals surface area (Å²) in [5.41, 5.74) is 9.95. The Bertz CT molecular complexity index is 762. The summed E-state index contributed by atoms with van der Waals surface area (Å²) in [6, 6.07) is 8.98. The maximum absolute atomic E-state index is 5.04. The number of aryl methyl sites for hydroxylation is 5. The van der Waals surface area contributed by atoms with Crippen molar-refractivity contribution in [2.24, 2.45) is 4.99 Å². The number of hydrogen-bond acceptors (Lipinski definition) is 2. The third kappa shape index (κ3) is 4.00. The summed E-state index contributed by atoms with van der Waals surface area (Å²) in [5, 5.41) is 0. The molecule has 0 N–H and O–H groups in total. The van der Waals surface area contributed by atoms with Crippen molar-refractivity contribution in [2.45, 2.75) is 72.6 Å². The Balaban J connectivity index is 2.01. The third-order valence-corrected chi connectivity index (χ3v) is 5.25. The van der Waals surface area contributed by atoms with E-state index in [-0.39, 0.29) is 0 Å². The van der Waals surface area contributed by atoms with Crippen LogP contribution in [0.5, 0.6) is 0 Å². The molecule has 1 aromatic heterocycles. The van der Waals surface area contributed by atoms with E-state index in [0.29, 0.717) is 0 Å². The molecule has 0 fully saturated rings. The van der Waals surface area contributed by atoms with E-state index in [1.54, 1.807) is 0 Å². The van der Waals surface area contributed by atoms with Crippen molar-refractivity contribution in [1.29, 1.82) is 0 Å². The zero-order chi connectivity index (χ0) is 17.8. The molecule has 0 saturated heterocycles. The van der Waals surface area contributed by atoms with Crippen LogP contribution in [0.25, 0.3) is 0 Å². The highest BCUT2D eigenvalue weighted by Gasteiger charge is 2.12. The number of nitrogens with zero attached hydrogens (tertiary/aromatic N) is 2. The largest absolute Gasteiger partial charge is 0.251 e. The molecule has 25 heavy (non-hydrogen) atoms. The van der Waals surface area contributed by atoms with Crippen LogP contribution in [0.4, 0.5) is 5.69 Å². The molecule has 1 heterocycles. The number of pyridine rings is 1. The van der Waals surface area contributed by atoms with Crippen LogP contribution in [0.2, 0.25) is 0 Å². The SMILES string of the molecule is CCc1cc(C)cc(CC)c1N=C(C)c1ccc2c(n1)CCCCC2. The summed E-state index contributed by atoms with van der Waals surface area (Å²) in [6.45, 7) is 8.70. The second-order valence-corrected chi connectivity index (χ2v) is 7.20. The van der Waals surface area contributed by atoms with E-state index in [1.807, 2.05) is 0 Å². The number of fused-ring (bicyclic) bond motifs is 1. The minimum absolute atomic E-state index is 1.01. The van der Waals surface area contributed by atoms with Crippen LogP contribution in [0.3, 0.4) is 0 Å². The summed E-state index contributed by atoms with van der Waals surface area (Å²) in [4.78, 5) is 10.0. The highest BCUT2D eigenvalue weighted by molar-refractivity contribution is 5.99. The van der Waals surface area contributed by atoms with Crippen LogP contribution in [0.15, 0.2) is 29.3 Å². The van der Waals surface area contributed by atoms with Crippen molar-refractivity contribution in [2.75, 3.05) is 0 Å². The topological polar surface area (TPSA) is 25.2 Å². The lowest BCUT2D eigenvalue weighted by Crippen LogP contribution is -2.05. The molecule has 1 aliphatic carbocycles. The molecule has 0 unspecified atom stereocenters. The molecule has 132 valence electrons. The Morgan fingerprint density at radius 2 is 1.68 bits per heavy atom. The van der Waals surface area contributed by atoms with Crippen molar-refractivity contribution in [3.63, 3.8) is 0 Å². The summed E-state index contributed by atoms with van der Waals surface area (Å²) < 4.78 is 0. The monoisotopic (exact) mass is 334 g/mol. The fourth-order valence-electron chi connectivity index (χ4n) is 3.80. The van der Waals surface area contributed by atoms with E-state index in [4.69, 9.17) is 9.98 Å². The highest BCUT2D eigenvalue weighted by atomic mass is 14.8. The van der Waals surface area contributed by atoms with Gasteiger partial charge in [-0.05, 0) is 75.1 Å². The molecule has 0 bridgehead atoms. The molecular formula is C23H30N2. The van der Waals surface area contributed by atoms with Gasteiger partial charge in [0.1, 0.15) is 0 Å². The van der Waals surface area contributed by atoms with Gasteiger partial charge >= 0.3 is 0 Å². The Morgan fingerprint density at radius 3 is 2.36 bits per heavy atom. The Hall–Kier alpha value is -1.96. The molecule has 1 aromatic carbocycles. The van der Waals surface area contributed by atoms with E-state index in [2.05, 4.69) is 52.0 Å². The standard InChI is InChI=1S/C23H30N2/c1-5-18-14-16(3)15-19(6-2)23(18)24-17(4)21-13-12-20-10-8-7-9-11-22(20)25-21/h12-15H,5-11H2,1-4H3. The lowest BCUT2D eigenvalue weighted by Gasteiger charge is -2.13. The third-order valence-electron chi connectivity index (χ3n) is 5.25. The van der Waals surface area contributed by atoms with Crippen LogP contribution < -0.4 is 0 Å². The molecule has 0 amide bonds. The van der Waals surface area contributed by atoms with Crippen molar-refractivity contribution >= 4 is 11.4 Å². The van der Waals surface area contributed by atoms with Crippen LogP contribution in [0, 0.1) is 6.92 Å². The molecule has 3 rings (SSSR count). The van der Waals surface area contributed by atoms with Crippen molar-refractivity contribution < 1.29 is 0 Å². The Morgan fingerprint density at radius 1 is 1.00 bits per heavy atom. The van der Waals surface area contributed by atoms with Crippen molar-refractivity contribution in [1.82, 2.24) is 4.98 Å². The summed E-state index contributed by atoms with van der Waals surface area (Å²) >= 11 is 0. The molecule has 0 aliphatic heterocycles. The van der Waals surface area contributed by atoms with Gasteiger partial charge in [-0.3, -0.25) is 9.98 Å². The van der Waals surface area contributed by atoms with Gasteiger partial charge in [-0.15, -0.1) is 0 Å². The fraction of sp³-hybridized carbons (Fsp3) is 0.478. The van der Waals surface area contributed by atoms with Gasteiger partial charge in [-0.25, -0.2) is 0 Å². The Kier molecular flexibility index (Phi) is 5.67. The van der Waals surface area contributed by atoms with E-state index < -0.39 is 0 Å². The average Bonchev–Trinajstić information content (AvgIpc) is 2.87. The molecule has 2 heteroatoms. The smallest absolute Gasteiger partial charge is 0.0845 e. The van der Waals surface area contributed by atoms with Gasteiger partial charge in [0.05, 0.1) is 17.1 Å². The summed E-state index contributed by atoms with van der Waals surface area (Å²) in [7, 11) is 0. The fourth-order valence-corrected chi connectivity index (χ4v) is 3.80. The first kappa shape index (κ1) is 17.8. The van der Waals surface area contributed by atoms with Crippen molar-refractivity contribution in [3.8, 4) is 0 Å². The predicted molar refractivity (Wildman–Crippen MR) is 107 cm³/mol. The number of benzene rings is 1. The van der Waals surface area contributed by atoms with E-state index >= 15 is 0 Å². The molecule has 2 nitrogen and oxygen atoms in total. The van der Waals surface area contributed by atoms with Crippen LogP contribution in [0.1, 0.15) is 73.7 Å². The van der Waals surface area contributed by atoms with Gasteiger partial charge in [-0.2, -0.15) is 0 Å². The van der Waals surface area contributed by atoms with E-state index in [9.17, 15) is 0 Å². The minimum Gasteiger partial charge on any atom is -0.251 e. The molecule has 1 aliphatic rings. The number of aliphatic imine (C=N–C) groups is 1. The van der Waals surface area contributed by atoms with Gasteiger partial charge in [0, 0.05) is 5.69 Å². The first-order valence-corrected chi connectivity index (χ1v) is 9.79. The zero-order valence-corrected chi connectivity index (χ0v) is 16.2. The van der Waals surface area contributed by atoms with Gasteiger partial charge in [0.15, 0.2) is 0 Å². The first-order chi connectivity index (χ1) is 12.1. The Labute approximate surface area is 152 Å². The normalized spacial score (nSPS) is 15.0. The van der Waals surface area contributed by atoms with Gasteiger partial charge in [0.2, 0.25) is 0 Å². The van der Waals surface area contributed by atoms with Crippen LogP contribution in [-0.2, 0) is 25.7 Å². The average molecular weight is 335 g/mol. The lowest BCUT2D eigenvalue weighted by atomic mass is 9.99. The van der Waals surface area contributed by atoms with Crippen molar-refractivity contribution in [3.05, 3.63) is 57.9 Å². The molecule has 0 saturated carbocycles. The van der Waals surface area contributed by atoms with E-state index in [0.717, 1.165) is 36.4 Å². The second-order valence-electron chi connectivity index (χ2n) is 7.20. The van der Waals surface area contributed by atoms with Crippen LogP contribution in [-0.4, -0.2) is 10.7 Å². The minimum atomic E-state index is 1.01. The number of aromatic nitrogens is 1. The lowest BCUT2D eigenvalue weighted by molar-refractivity contribution is 0.708. The first-order valence-electron chi connectivity index (χ1n) is 9.79. The second kappa shape index (κ2) is 7.95. The summed E-state index contributed by atoms with van der Waals surface area (Å²) in [6.07, 6.45) is 8.19. The summed E-state index contributed by atoms with van der Waals surface area (Å²) in [5.74, 6) is 0. The van der Waals surface area contributed by atoms with Gasteiger partial charge in [-0.1, -0.05) is 44.0 Å². The van der Waals surface area contributed by atoms with Gasteiger partial charge < -0.3 is 0 Å². The number of hydrogen-bond donors (Lipinski definition) is 0. The predicted octanol–water partition coefficient (Wildman–Crippen LogP) is 5.92. The molecule has 0 spiro atoms. The molecule has 2 aromatic rings.